The van der Waals surface area contributed by atoms with E-state index in [-0.39, 0.29) is 17.1 Å². The van der Waals surface area contributed by atoms with E-state index >= 15 is 0 Å². The fourth-order valence-corrected chi connectivity index (χ4v) is 2.77. The third-order valence-corrected chi connectivity index (χ3v) is 3.67. The summed E-state index contributed by atoms with van der Waals surface area (Å²) in [5.74, 6) is 0.0271. The Hall–Kier alpha value is -0.900. The number of fused-ring (bicyclic) bond motifs is 1. The number of ether oxygens (including phenoxy) is 1. The fourth-order valence-electron chi connectivity index (χ4n) is 2.77. The van der Waals surface area contributed by atoms with E-state index in [2.05, 4.69) is 11.5 Å². The minimum atomic E-state index is -0.755. The van der Waals surface area contributed by atoms with Gasteiger partial charge in [-0.3, -0.25) is 9.69 Å². The second-order valence-electron chi connectivity index (χ2n) is 4.84. The molecule has 3 nitrogen and oxygen atoms in total. The Morgan fingerprint density at radius 2 is 2.44 bits per heavy atom. The third-order valence-electron chi connectivity index (χ3n) is 3.67. The van der Waals surface area contributed by atoms with Gasteiger partial charge in [0.25, 0.3) is 0 Å². The maximum atomic E-state index is 13.4. The number of carbonyl (C=O) groups is 1. The normalized spacial score (nSPS) is 33.8. The zero-order chi connectivity index (χ0) is 11.8. The van der Waals surface area contributed by atoms with Gasteiger partial charge in [-0.15, -0.1) is 0 Å². The first-order valence-corrected chi connectivity index (χ1v) is 5.75. The zero-order valence-corrected chi connectivity index (χ0v) is 9.67. The Kier molecular flexibility index (Phi) is 3.02. The van der Waals surface area contributed by atoms with Crippen LogP contribution < -0.4 is 0 Å². The monoisotopic (exact) mass is 227 g/mol. The molecule has 0 N–H and O–H groups in total. The number of ketones is 1. The van der Waals surface area contributed by atoms with E-state index in [1.807, 2.05) is 0 Å². The van der Waals surface area contributed by atoms with Crippen molar-refractivity contribution in [2.24, 2.45) is 0 Å². The SMILES string of the molecule is C=C(OC[C@@]12CCCN1C[C@H](F)C2)C(C)=O. The van der Waals surface area contributed by atoms with Crippen molar-refractivity contribution in [1.82, 2.24) is 4.90 Å². The lowest BCUT2D eigenvalue weighted by Crippen LogP contribution is -2.42. The van der Waals surface area contributed by atoms with Crippen molar-refractivity contribution >= 4 is 5.78 Å². The van der Waals surface area contributed by atoms with Gasteiger partial charge in [0, 0.05) is 19.9 Å². The van der Waals surface area contributed by atoms with Crippen LogP contribution in [0.4, 0.5) is 4.39 Å². The maximum Gasteiger partial charge on any atom is 0.193 e. The van der Waals surface area contributed by atoms with Gasteiger partial charge in [-0.25, -0.2) is 4.39 Å². The van der Waals surface area contributed by atoms with Crippen LogP contribution in [0.5, 0.6) is 0 Å². The van der Waals surface area contributed by atoms with Crippen LogP contribution in [0.1, 0.15) is 26.2 Å². The van der Waals surface area contributed by atoms with Crippen molar-refractivity contribution in [2.75, 3.05) is 19.7 Å². The lowest BCUT2D eigenvalue weighted by Gasteiger charge is -2.31. The van der Waals surface area contributed by atoms with Crippen molar-refractivity contribution in [2.45, 2.75) is 37.9 Å². The fraction of sp³-hybridized carbons (Fsp3) is 0.750. The number of nitrogens with zero attached hydrogens (tertiary/aromatic N) is 1. The van der Waals surface area contributed by atoms with Gasteiger partial charge >= 0.3 is 0 Å². The van der Waals surface area contributed by atoms with Crippen LogP contribution >= 0.6 is 0 Å². The molecule has 2 saturated heterocycles. The van der Waals surface area contributed by atoms with Crippen LogP contribution in [0, 0.1) is 0 Å². The largest absolute Gasteiger partial charge is 0.489 e. The summed E-state index contributed by atoms with van der Waals surface area (Å²) in [5, 5.41) is 0. The first-order valence-electron chi connectivity index (χ1n) is 5.75. The van der Waals surface area contributed by atoms with Crippen LogP contribution in [0.15, 0.2) is 12.3 Å². The van der Waals surface area contributed by atoms with E-state index in [0.29, 0.717) is 19.6 Å². The van der Waals surface area contributed by atoms with Crippen LogP contribution in [0.2, 0.25) is 0 Å². The first kappa shape index (κ1) is 11.6. The van der Waals surface area contributed by atoms with E-state index in [4.69, 9.17) is 4.74 Å². The Labute approximate surface area is 95.3 Å². The number of carbonyl (C=O) groups excluding carboxylic acids is 1. The number of allylic oxidation sites excluding steroid dienone is 1. The average molecular weight is 227 g/mol. The summed E-state index contributed by atoms with van der Waals surface area (Å²) in [6, 6.07) is 0. The molecule has 90 valence electrons. The molecular formula is C12H18FNO2. The molecule has 2 atom stereocenters. The molecule has 0 aromatic carbocycles. The van der Waals surface area contributed by atoms with Gasteiger partial charge in [-0.2, -0.15) is 0 Å². The summed E-state index contributed by atoms with van der Waals surface area (Å²) < 4.78 is 18.8. The lowest BCUT2D eigenvalue weighted by molar-refractivity contribution is -0.117. The molecule has 2 rings (SSSR count). The van der Waals surface area contributed by atoms with Gasteiger partial charge in [0.15, 0.2) is 11.5 Å². The number of Topliss-reactive ketones (excluding diaryl/α,β-unsaturated/α-hetero) is 1. The molecule has 0 bridgehead atoms. The van der Waals surface area contributed by atoms with Crippen molar-refractivity contribution in [3.63, 3.8) is 0 Å². The summed E-state index contributed by atoms with van der Waals surface area (Å²) in [4.78, 5) is 13.1. The molecule has 0 amide bonds. The van der Waals surface area contributed by atoms with Crippen LogP contribution in [-0.2, 0) is 9.53 Å². The van der Waals surface area contributed by atoms with E-state index in [1.54, 1.807) is 0 Å². The van der Waals surface area contributed by atoms with Crippen molar-refractivity contribution in [1.29, 1.82) is 0 Å². The second-order valence-corrected chi connectivity index (χ2v) is 4.84. The molecule has 0 spiro atoms. The topological polar surface area (TPSA) is 29.5 Å². The minimum Gasteiger partial charge on any atom is -0.489 e. The van der Waals surface area contributed by atoms with Gasteiger partial charge in [-0.1, -0.05) is 6.58 Å². The number of hydrogen-bond donors (Lipinski definition) is 0. The summed E-state index contributed by atoms with van der Waals surface area (Å²) in [5.41, 5.74) is -0.183. The molecule has 0 aromatic rings. The molecule has 2 aliphatic rings. The maximum absolute atomic E-state index is 13.4. The predicted molar refractivity (Wildman–Crippen MR) is 58.8 cm³/mol. The Morgan fingerprint density at radius 1 is 1.69 bits per heavy atom. The highest BCUT2D eigenvalue weighted by Gasteiger charge is 2.49. The van der Waals surface area contributed by atoms with E-state index in [1.165, 1.54) is 6.92 Å². The quantitative estimate of drug-likeness (QED) is 0.540. The zero-order valence-electron chi connectivity index (χ0n) is 9.67. The van der Waals surface area contributed by atoms with Crippen LogP contribution in [-0.4, -0.2) is 42.1 Å². The van der Waals surface area contributed by atoms with E-state index in [0.717, 1.165) is 19.4 Å². The smallest absolute Gasteiger partial charge is 0.193 e. The molecule has 0 unspecified atom stereocenters. The summed E-state index contributed by atoms with van der Waals surface area (Å²) in [6.45, 7) is 6.84. The highest BCUT2D eigenvalue weighted by Crippen LogP contribution is 2.40. The van der Waals surface area contributed by atoms with Crippen molar-refractivity contribution in [3.05, 3.63) is 12.3 Å². The third kappa shape index (κ3) is 1.98. The molecule has 0 radical (unpaired) electrons. The number of alkyl halides is 1. The average Bonchev–Trinajstić information content (AvgIpc) is 2.69. The molecule has 0 aliphatic carbocycles. The number of hydrogen-bond acceptors (Lipinski definition) is 3. The molecule has 2 fully saturated rings. The van der Waals surface area contributed by atoms with E-state index < -0.39 is 6.17 Å². The summed E-state index contributed by atoms with van der Waals surface area (Å²) >= 11 is 0. The van der Waals surface area contributed by atoms with Gasteiger partial charge < -0.3 is 4.74 Å². The molecule has 16 heavy (non-hydrogen) atoms. The molecule has 0 saturated carbocycles. The summed E-state index contributed by atoms with van der Waals surface area (Å²) in [6.07, 6.45) is 1.81. The van der Waals surface area contributed by atoms with E-state index in [9.17, 15) is 9.18 Å². The molecular weight excluding hydrogens is 209 g/mol. The number of rotatable bonds is 4. The second kappa shape index (κ2) is 4.17. The molecule has 0 aromatic heterocycles. The Bertz CT molecular complexity index is 318. The first-order chi connectivity index (χ1) is 7.53. The van der Waals surface area contributed by atoms with Crippen molar-refractivity contribution < 1.29 is 13.9 Å². The van der Waals surface area contributed by atoms with Gasteiger partial charge in [0.2, 0.25) is 0 Å². The Balaban J connectivity index is 1.97. The lowest BCUT2D eigenvalue weighted by atomic mass is 9.95. The predicted octanol–water partition coefficient (Wildman–Crippen LogP) is 1.68. The van der Waals surface area contributed by atoms with Gasteiger partial charge in [-0.05, 0) is 19.4 Å². The standard InChI is InChI=1S/C12H18FNO2/c1-9(15)10(2)16-8-12-4-3-5-14(12)7-11(13)6-12/h11H,2-8H2,1H3/t11-,12+/m1/s1. The Morgan fingerprint density at radius 3 is 3.12 bits per heavy atom. The van der Waals surface area contributed by atoms with Crippen LogP contribution in [0.3, 0.4) is 0 Å². The minimum absolute atomic E-state index is 0.157. The van der Waals surface area contributed by atoms with Crippen LogP contribution in [0.25, 0.3) is 0 Å². The molecule has 2 aliphatic heterocycles. The molecule has 2 heterocycles. The number of halogens is 1. The van der Waals surface area contributed by atoms with Crippen molar-refractivity contribution in [3.8, 4) is 0 Å². The molecule has 4 heteroatoms. The van der Waals surface area contributed by atoms with Gasteiger partial charge in [0.1, 0.15) is 12.8 Å². The summed E-state index contributed by atoms with van der Waals surface area (Å²) in [7, 11) is 0. The highest BCUT2D eigenvalue weighted by molar-refractivity contribution is 5.90. The van der Waals surface area contributed by atoms with Gasteiger partial charge in [0.05, 0.1) is 5.54 Å². The highest BCUT2D eigenvalue weighted by atomic mass is 19.1.